The highest BCUT2D eigenvalue weighted by molar-refractivity contribution is 9.10. The topological polar surface area (TPSA) is 55.1 Å². The number of oxazole rings is 1. The summed E-state index contributed by atoms with van der Waals surface area (Å²) in [5.41, 5.74) is 1.75. The lowest BCUT2D eigenvalue weighted by Gasteiger charge is -2.36. The van der Waals surface area contributed by atoms with Crippen molar-refractivity contribution in [2.75, 3.05) is 0 Å². The zero-order chi connectivity index (χ0) is 15.1. The van der Waals surface area contributed by atoms with E-state index in [1.807, 2.05) is 0 Å². The average molecular weight is 361 g/mol. The van der Waals surface area contributed by atoms with E-state index in [9.17, 15) is 4.79 Å². The Morgan fingerprint density at radius 3 is 2.59 bits per heavy atom. The standard InChI is InChI=1S/C17H17BrN2O2/c18-13-5-3-10(4-6-13)12-7-14(8-12)19-16(21)15-9-22-17(20-15)11-1-2-11/h3-6,9,11-12,14H,1-2,7-8H2,(H,19,21). The van der Waals surface area contributed by atoms with Gasteiger partial charge in [0.15, 0.2) is 11.6 Å². The molecule has 2 aromatic rings. The van der Waals surface area contributed by atoms with E-state index in [4.69, 9.17) is 4.42 Å². The van der Waals surface area contributed by atoms with Crippen molar-refractivity contribution in [2.24, 2.45) is 0 Å². The summed E-state index contributed by atoms with van der Waals surface area (Å²) in [5.74, 6) is 1.58. The van der Waals surface area contributed by atoms with Gasteiger partial charge in [0, 0.05) is 16.4 Å². The fourth-order valence-corrected chi connectivity index (χ4v) is 3.18. The predicted molar refractivity (Wildman–Crippen MR) is 85.8 cm³/mol. The number of halogens is 1. The maximum Gasteiger partial charge on any atom is 0.273 e. The van der Waals surface area contributed by atoms with Gasteiger partial charge in [-0.05, 0) is 49.3 Å². The summed E-state index contributed by atoms with van der Waals surface area (Å²) in [6.45, 7) is 0. The van der Waals surface area contributed by atoms with E-state index in [-0.39, 0.29) is 11.9 Å². The average Bonchev–Trinajstić information content (AvgIpc) is 3.21. The van der Waals surface area contributed by atoms with Gasteiger partial charge in [0.25, 0.3) is 5.91 Å². The summed E-state index contributed by atoms with van der Waals surface area (Å²) < 4.78 is 6.46. The smallest absolute Gasteiger partial charge is 0.273 e. The van der Waals surface area contributed by atoms with E-state index in [0.717, 1.165) is 30.2 Å². The van der Waals surface area contributed by atoms with Gasteiger partial charge in [0.1, 0.15) is 6.26 Å². The molecule has 0 bridgehead atoms. The van der Waals surface area contributed by atoms with E-state index < -0.39 is 0 Å². The fourth-order valence-electron chi connectivity index (χ4n) is 2.91. The second-order valence-electron chi connectivity index (χ2n) is 6.24. The van der Waals surface area contributed by atoms with Crippen LogP contribution in [0.25, 0.3) is 0 Å². The number of benzene rings is 1. The van der Waals surface area contributed by atoms with E-state index in [2.05, 4.69) is 50.5 Å². The summed E-state index contributed by atoms with van der Waals surface area (Å²) in [6.07, 6.45) is 5.70. The Labute approximate surface area is 137 Å². The summed E-state index contributed by atoms with van der Waals surface area (Å²) in [7, 11) is 0. The molecule has 1 aromatic heterocycles. The van der Waals surface area contributed by atoms with Crippen LogP contribution in [0.4, 0.5) is 0 Å². The molecule has 0 spiro atoms. The lowest BCUT2D eigenvalue weighted by atomic mass is 9.76. The van der Waals surface area contributed by atoms with Gasteiger partial charge in [-0.25, -0.2) is 4.98 Å². The van der Waals surface area contributed by atoms with Crippen LogP contribution in [0, 0.1) is 0 Å². The molecular weight excluding hydrogens is 344 g/mol. The van der Waals surface area contributed by atoms with Gasteiger partial charge in [-0.3, -0.25) is 4.79 Å². The zero-order valence-electron chi connectivity index (χ0n) is 12.1. The summed E-state index contributed by atoms with van der Waals surface area (Å²) in [4.78, 5) is 16.4. The first-order valence-electron chi connectivity index (χ1n) is 7.71. The van der Waals surface area contributed by atoms with Gasteiger partial charge in [-0.2, -0.15) is 0 Å². The van der Waals surface area contributed by atoms with Gasteiger partial charge in [0.05, 0.1) is 0 Å². The maximum atomic E-state index is 12.2. The van der Waals surface area contributed by atoms with Crippen molar-refractivity contribution >= 4 is 21.8 Å². The molecule has 5 heteroatoms. The largest absolute Gasteiger partial charge is 0.448 e. The van der Waals surface area contributed by atoms with Gasteiger partial charge < -0.3 is 9.73 Å². The molecule has 2 saturated carbocycles. The van der Waals surface area contributed by atoms with E-state index in [1.54, 1.807) is 0 Å². The van der Waals surface area contributed by atoms with Crippen LogP contribution in [0.2, 0.25) is 0 Å². The molecule has 1 heterocycles. The molecule has 2 fully saturated rings. The Morgan fingerprint density at radius 2 is 1.91 bits per heavy atom. The molecule has 4 rings (SSSR count). The molecular formula is C17H17BrN2O2. The van der Waals surface area contributed by atoms with Gasteiger partial charge >= 0.3 is 0 Å². The van der Waals surface area contributed by atoms with E-state index in [1.165, 1.54) is 11.8 Å². The molecule has 0 atom stereocenters. The molecule has 0 unspecified atom stereocenters. The normalized spacial score (nSPS) is 23.9. The summed E-state index contributed by atoms with van der Waals surface area (Å²) in [6, 6.07) is 8.66. The first-order valence-corrected chi connectivity index (χ1v) is 8.50. The minimum atomic E-state index is -0.116. The molecule has 1 aromatic carbocycles. The number of hydrogen-bond acceptors (Lipinski definition) is 3. The quantitative estimate of drug-likeness (QED) is 0.896. The van der Waals surface area contributed by atoms with Crippen molar-refractivity contribution in [2.45, 2.75) is 43.6 Å². The van der Waals surface area contributed by atoms with E-state index >= 15 is 0 Å². The molecule has 4 nitrogen and oxygen atoms in total. The number of carbonyl (C=O) groups excluding carboxylic acids is 1. The second-order valence-corrected chi connectivity index (χ2v) is 7.15. The lowest BCUT2D eigenvalue weighted by molar-refractivity contribution is 0.0903. The van der Waals surface area contributed by atoms with E-state index in [0.29, 0.717) is 23.4 Å². The highest BCUT2D eigenvalue weighted by Gasteiger charge is 2.33. The molecule has 1 amide bonds. The first kappa shape index (κ1) is 14.0. The Bertz CT molecular complexity index is 685. The first-order chi connectivity index (χ1) is 10.7. The van der Waals surface area contributed by atoms with Crippen molar-refractivity contribution in [3.8, 4) is 0 Å². The minimum absolute atomic E-state index is 0.116. The van der Waals surface area contributed by atoms with Gasteiger partial charge in [-0.1, -0.05) is 28.1 Å². The van der Waals surface area contributed by atoms with Crippen LogP contribution in [0.1, 0.15) is 59.5 Å². The van der Waals surface area contributed by atoms with Crippen LogP contribution in [-0.2, 0) is 0 Å². The van der Waals surface area contributed by atoms with Crippen LogP contribution in [0.15, 0.2) is 39.4 Å². The van der Waals surface area contributed by atoms with Gasteiger partial charge in [0.2, 0.25) is 0 Å². The molecule has 114 valence electrons. The molecule has 1 N–H and O–H groups in total. The van der Waals surface area contributed by atoms with Crippen LogP contribution < -0.4 is 5.32 Å². The minimum Gasteiger partial charge on any atom is -0.448 e. The lowest BCUT2D eigenvalue weighted by Crippen LogP contribution is -2.43. The Hall–Kier alpha value is -1.62. The van der Waals surface area contributed by atoms with Crippen molar-refractivity contribution < 1.29 is 9.21 Å². The molecule has 0 radical (unpaired) electrons. The zero-order valence-corrected chi connectivity index (χ0v) is 13.7. The number of amides is 1. The molecule has 22 heavy (non-hydrogen) atoms. The highest BCUT2D eigenvalue weighted by atomic mass is 79.9. The maximum absolute atomic E-state index is 12.2. The number of carbonyl (C=O) groups is 1. The molecule has 0 saturated heterocycles. The Balaban J connectivity index is 1.31. The second kappa shape index (κ2) is 5.54. The third kappa shape index (κ3) is 2.82. The fraction of sp³-hybridized carbons (Fsp3) is 0.412. The number of aromatic nitrogens is 1. The Kier molecular flexibility index (Phi) is 3.53. The monoisotopic (exact) mass is 360 g/mol. The van der Waals surface area contributed by atoms with Crippen LogP contribution >= 0.6 is 15.9 Å². The number of nitrogens with one attached hydrogen (secondary N) is 1. The SMILES string of the molecule is O=C(NC1CC(c2ccc(Br)cc2)C1)c1coc(C2CC2)n1. The van der Waals surface area contributed by atoms with Crippen molar-refractivity contribution in [1.82, 2.24) is 10.3 Å². The third-order valence-electron chi connectivity index (χ3n) is 4.50. The third-order valence-corrected chi connectivity index (χ3v) is 5.02. The summed E-state index contributed by atoms with van der Waals surface area (Å²) >= 11 is 3.45. The van der Waals surface area contributed by atoms with Gasteiger partial charge in [-0.15, -0.1) is 0 Å². The number of nitrogens with zero attached hydrogens (tertiary/aromatic N) is 1. The van der Waals surface area contributed by atoms with Crippen molar-refractivity contribution in [1.29, 1.82) is 0 Å². The molecule has 0 aliphatic heterocycles. The molecule has 2 aliphatic carbocycles. The number of hydrogen-bond donors (Lipinski definition) is 1. The van der Waals surface area contributed by atoms with Crippen LogP contribution in [0.5, 0.6) is 0 Å². The number of rotatable bonds is 4. The predicted octanol–water partition coefficient (Wildman–Crippen LogP) is 3.99. The van der Waals surface area contributed by atoms with Crippen LogP contribution in [-0.4, -0.2) is 16.9 Å². The van der Waals surface area contributed by atoms with Crippen molar-refractivity contribution in [3.05, 3.63) is 52.1 Å². The van der Waals surface area contributed by atoms with Crippen molar-refractivity contribution in [3.63, 3.8) is 0 Å². The molecule has 2 aliphatic rings. The summed E-state index contributed by atoms with van der Waals surface area (Å²) in [5, 5.41) is 3.05. The highest BCUT2D eigenvalue weighted by Crippen LogP contribution is 2.39. The van der Waals surface area contributed by atoms with Crippen LogP contribution in [0.3, 0.4) is 0 Å². The Morgan fingerprint density at radius 1 is 1.18 bits per heavy atom.